The number of nitrogens with one attached hydrogen (secondary N) is 2. The van der Waals surface area contributed by atoms with Gasteiger partial charge in [0.1, 0.15) is 0 Å². The molecule has 126 valence electrons. The summed E-state index contributed by atoms with van der Waals surface area (Å²) in [6.45, 7) is 0.581. The number of fused-ring (bicyclic) bond motifs is 1. The lowest BCUT2D eigenvalue weighted by Gasteiger charge is -2.25. The molecule has 0 saturated carbocycles. The number of aryl methyl sites for hydroxylation is 1. The van der Waals surface area contributed by atoms with E-state index in [9.17, 15) is 4.79 Å². The lowest BCUT2D eigenvalue weighted by Crippen LogP contribution is -2.41. The van der Waals surface area contributed by atoms with Crippen LogP contribution in [0.25, 0.3) is 0 Å². The highest BCUT2D eigenvalue weighted by atomic mass is 16.2. The van der Waals surface area contributed by atoms with Crippen molar-refractivity contribution in [1.82, 2.24) is 15.5 Å². The van der Waals surface area contributed by atoms with Gasteiger partial charge in [-0.3, -0.25) is 0 Å². The number of likely N-dealkylation sites (N-methyl/N-ethyl adjacent to an activating group) is 1. The highest BCUT2D eigenvalue weighted by Gasteiger charge is 2.23. The summed E-state index contributed by atoms with van der Waals surface area (Å²) >= 11 is 0. The smallest absolute Gasteiger partial charge is 0.315 e. The number of urea groups is 1. The van der Waals surface area contributed by atoms with Gasteiger partial charge in [-0.25, -0.2) is 4.79 Å². The van der Waals surface area contributed by atoms with E-state index in [2.05, 4.69) is 45.9 Å². The molecule has 2 N–H and O–H groups in total. The van der Waals surface area contributed by atoms with Crippen molar-refractivity contribution < 1.29 is 4.79 Å². The summed E-state index contributed by atoms with van der Waals surface area (Å²) in [7, 11) is 4.06. The van der Waals surface area contributed by atoms with Crippen LogP contribution < -0.4 is 10.6 Å². The molecular formula is C20H25N3O. The number of hydrogen-bond acceptors (Lipinski definition) is 2. The molecule has 4 heteroatoms. The predicted octanol–water partition coefficient (Wildman–Crippen LogP) is 3.28. The van der Waals surface area contributed by atoms with Crippen LogP contribution in [0, 0.1) is 0 Å². The molecule has 2 aromatic rings. The first-order valence-electron chi connectivity index (χ1n) is 8.48. The first-order chi connectivity index (χ1) is 11.6. The Bertz CT molecular complexity index is 684. The van der Waals surface area contributed by atoms with Crippen LogP contribution in [-0.4, -0.2) is 31.6 Å². The molecule has 0 aromatic heterocycles. The molecule has 0 aliphatic heterocycles. The zero-order valence-electron chi connectivity index (χ0n) is 14.3. The molecule has 0 heterocycles. The van der Waals surface area contributed by atoms with E-state index in [1.165, 1.54) is 16.7 Å². The van der Waals surface area contributed by atoms with Gasteiger partial charge in [0.2, 0.25) is 0 Å². The maximum absolute atomic E-state index is 12.3. The highest BCUT2D eigenvalue weighted by Crippen LogP contribution is 2.30. The molecule has 1 aliphatic carbocycles. The number of rotatable bonds is 5. The fourth-order valence-electron chi connectivity index (χ4n) is 3.38. The third-order valence-electron chi connectivity index (χ3n) is 4.70. The predicted molar refractivity (Wildman–Crippen MR) is 96.9 cm³/mol. The second kappa shape index (κ2) is 7.49. The number of nitrogens with zero attached hydrogens (tertiary/aromatic N) is 1. The number of carbonyl (C=O) groups excluding carboxylic acids is 1. The maximum Gasteiger partial charge on any atom is 0.315 e. The van der Waals surface area contributed by atoms with Crippen molar-refractivity contribution in [2.45, 2.75) is 24.9 Å². The summed E-state index contributed by atoms with van der Waals surface area (Å²) in [5.41, 5.74) is 3.80. The Hall–Kier alpha value is -2.33. The molecule has 0 spiro atoms. The van der Waals surface area contributed by atoms with Crippen molar-refractivity contribution in [3.05, 3.63) is 71.3 Å². The molecule has 1 aliphatic rings. The van der Waals surface area contributed by atoms with Crippen LogP contribution in [-0.2, 0) is 6.42 Å². The van der Waals surface area contributed by atoms with E-state index in [0.717, 1.165) is 12.8 Å². The summed E-state index contributed by atoms with van der Waals surface area (Å²) < 4.78 is 0. The zero-order valence-corrected chi connectivity index (χ0v) is 14.3. The molecule has 24 heavy (non-hydrogen) atoms. The number of benzene rings is 2. The van der Waals surface area contributed by atoms with E-state index in [0.29, 0.717) is 6.54 Å². The third-order valence-corrected chi connectivity index (χ3v) is 4.70. The van der Waals surface area contributed by atoms with Gasteiger partial charge in [-0.2, -0.15) is 0 Å². The lowest BCUT2D eigenvalue weighted by molar-refractivity contribution is 0.229. The van der Waals surface area contributed by atoms with Crippen LogP contribution >= 0.6 is 0 Å². The minimum Gasteiger partial charge on any atom is -0.336 e. The fourth-order valence-corrected chi connectivity index (χ4v) is 3.38. The van der Waals surface area contributed by atoms with Crippen LogP contribution in [0.5, 0.6) is 0 Å². The van der Waals surface area contributed by atoms with Gasteiger partial charge in [0.05, 0.1) is 12.1 Å². The van der Waals surface area contributed by atoms with Gasteiger partial charge in [0.25, 0.3) is 0 Å². The normalized spacial score (nSPS) is 17.4. The van der Waals surface area contributed by atoms with Crippen LogP contribution in [0.3, 0.4) is 0 Å². The van der Waals surface area contributed by atoms with Gasteiger partial charge in [-0.05, 0) is 43.6 Å². The molecule has 0 fully saturated rings. The molecule has 4 nitrogen and oxygen atoms in total. The topological polar surface area (TPSA) is 44.4 Å². The number of hydrogen-bond donors (Lipinski definition) is 2. The Morgan fingerprint density at radius 3 is 2.58 bits per heavy atom. The van der Waals surface area contributed by atoms with Crippen molar-refractivity contribution in [3.63, 3.8) is 0 Å². The van der Waals surface area contributed by atoms with E-state index in [4.69, 9.17) is 0 Å². The van der Waals surface area contributed by atoms with Crippen molar-refractivity contribution in [2.75, 3.05) is 20.6 Å². The summed E-state index contributed by atoms with van der Waals surface area (Å²) in [6.07, 6.45) is 2.01. The number of amides is 2. The van der Waals surface area contributed by atoms with Gasteiger partial charge in [-0.15, -0.1) is 0 Å². The van der Waals surface area contributed by atoms with Crippen LogP contribution in [0.1, 0.15) is 35.2 Å². The van der Waals surface area contributed by atoms with Crippen molar-refractivity contribution in [2.24, 2.45) is 0 Å². The van der Waals surface area contributed by atoms with E-state index in [1.807, 2.05) is 38.4 Å². The summed E-state index contributed by atoms with van der Waals surface area (Å²) in [4.78, 5) is 14.5. The lowest BCUT2D eigenvalue weighted by atomic mass is 10.1. The van der Waals surface area contributed by atoms with Gasteiger partial charge in [0.15, 0.2) is 0 Å². The molecule has 0 radical (unpaired) electrons. The van der Waals surface area contributed by atoms with Gasteiger partial charge in [0, 0.05) is 6.54 Å². The van der Waals surface area contributed by atoms with E-state index >= 15 is 0 Å². The maximum atomic E-state index is 12.3. The van der Waals surface area contributed by atoms with Crippen molar-refractivity contribution in [3.8, 4) is 0 Å². The average molecular weight is 323 g/mol. The molecule has 0 saturated heterocycles. The van der Waals surface area contributed by atoms with E-state index in [1.54, 1.807) is 0 Å². The Labute approximate surface area is 143 Å². The molecule has 2 atom stereocenters. The van der Waals surface area contributed by atoms with Gasteiger partial charge >= 0.3 is 6.03 Å². The zero-order chi connectivity index (χ0) is 16.9. The van der Waals surface area contributed by atoms with Gasteiger partial charge < -0.3 is 15.5 Å². The monoisotopic (exact) mass is 323 g/mol. The van der Waals surface area contributed by atoms with Crippen LogP contribution in [0.2, 0.25) is 0 Å². The first-order valence-corrected chi connectivity index (χ1v) is 8.48. The Balaban J connectivity index is 1.57. The third kappa shape index (κ3) is 3.77. The standard InChI is InChI=1S/C20H25N3O/c1-23(2)19(16-9-4-3-5-10-16)14-21-20(24)22-18-13-12-15-8-6-7-11-17(15)18/h3-11,18-19H,12-14H2,1-2H3,(H2,21,22,24). The largest absolute Gasteiger partial charge is 0.336 e. The average Bonchev–Trinajstić information content (AvgIpc) is 2.99. The van der Waals surface area contributed by atoms with Crippen LogP contribution in [0.4, 0.5) is 4.79 Å². The fraction of sp³-hybridized carbons (Fsp3) is 0.350. The summed E-state index contributed by atoms with van der Waals surface area (Å²) in [5.74, 6) is 0. The molecule has 0 bridgehead atoms. The molecule has 2 aromatic carbocycles. The minimum atomic E-state index is -0.0977. The molecule has 3 rings (SSSR count). The van der Waals surface area contributed by atoms with E-state index < -0.39 is 0 Å². The van der Waals surface area contributed by atoms with Crippen molar-refractivity contribution in [1.29, 1.82) is 0 Å². The second-order valence-electron chi connectivity index (χ2n) is 6.53. The summed E-state index contributed by atoms with van der Waals surface area (Å²) in [6, 6.07) is 18.8. The highest BCUT2D eigenvalue weighted by molar-refractivity contribution is 5.74. The quantitative estimate of drug-likeness (QED) is 0.887. The van der Waals surface area contributed by atoms with Gasteiger partial charge in [-0.1, -0.05) is 54.6 Å². The van der Waals surface area contributed by atoms with Crippen molar-refractivity contribution >= 4 is 6.03 Å². The molecule has 2 unspecified atom stereocenters. The van der Waals surface area contributed by atoms with E-state index in [-0.39, 0.29) is 18.1 Å². The molecule has 2 amide bonds. The Morgan fingerprint density at radius 2 is 1.83 bits per heavy atom. The Kier molecular flexibility index (Phi) is 5.16. The summed E-state index contributed by atoms with van der Waals surface area (Å²) in [5, 5.41) is 6.14. The Morgan fingerprint density at radius 1 is 1.12 bits per heavy atom. The molecular weight excluding hydrogens is 298 g/mol. The minimum absolute atomic E-state index is 0.0977. The second-order valence-corrected chi connectivity index (χ2v) is 6.53. The van der Waals surface area contributed by atoms with Crippen LogP contribution in [0.15, 0.2) is 54.6 Å². The SMILES string of the molecule is CN(C)C(CNC(=O)NC1CCc2ccccc21)c1ccccc1. The first kappa shape index (κ1) is 16.5. The number of carbonyl (C=O) groups is 1.